The Morgan fingerprint density at radius 3 is 2.65 bits per heavy atom. The molecule has 0 bridgehead atoms. The van der Waals surface area contributed by atoms with Crippen LogP contribution in [-0.2, 0) is 16.0 Å². The molecule has 0 amide bonds. The third-order valence-electron chi connectivity index (χ3n) is 2.60. The third-order valence-corrected chi connectivity index (χ3v) is 3.09. The van der Waals surface area contributed by atoms with Crippen LogP contribution < -0.4 is 0 Å². The number of aliphatic carboxylic acids is 1. The van der Waals surface area contributed by atoms with Crippen molar-refractivity contribution in [1.82, 2.24) is 0 Å². The van der Waals surface area contributed by atoms with Crippen LogP contribution in [0.15, 0.2) is 28.7 Å². The molecule has 0 aliphatic carbocycles. The van der Waals surface area contributed by atoms with Crippen molar-refractivity contribution in [2.24, 2.45) is 5.92 Å². The maximum absolute atomic E-state index is 11.9. The number of benzene rings is 1. The zero-order valence-corrected chi connectivity index (χ0v) is 12.1. The minimum atomic E-state index is -4.39. The standard InChI is InChI=1S/C13H14BrF3O3/c14-11-3-1-2-9(7-11)6-10(12(18)19)4-5-20-8-13(15,16)17/h1-3,7,10H,4-6,8H2,(H,18,19). The van der Waals surface area contributed by atoms with E-state index in [2.05, 4.69) is 20.7 Å². The summed E-state index contributed by atoms with van der Waals surface area (Å²) in [5.41, 5.74) is 0.808. The number of rotatable bonds is 7. The van der Waals surface area contributed by atoms with Gasteiger partial charge >= 0.3 is 12.1 Å². The molecule has 0 saturated carbocycles. The summed E-state index contributed by atoms with van der Waals surface area (Å²) in [5.74, 6) is -1.81. The monoisotopic (exact) mass is 354 g/mol. The number of carboxylic acids is 1. The number of carbonyl (C=O) groups is 1. The lowest BCUT2D eigenvalue weighted by atomic mass is 9.97. The van der Waals surface area contributed by atoms with Crippen LogP contribution in [0.3, 0.4) is 0 Å². The van der Waals surface area contributed by atoms with Gasteiger partial charge in [-0.1, -0.05) is 28.1 Å². The second-order valence-corrected chi connectivity index (χ2v) is 5.24. The average molecular weight is 355 g/mol. The number of hydrogen-bond donors (Lipinski definition) is 1. The molecule has 1 N–H and O–H groups in total. The molecule has 0 radical (unpaired) electrons. The molecule has 1 unspecified atom stereocenters. The Morgan fingerprint density at radius 2 is 2.10 bits per heavy atom. The summed E-state index contributed by atoms with van der Waals surface area (Å²) in [7, 11) is 0. The van der Waals surface area contributed by atoms with E-state index in [1.165, 1.54) is 0 Å². The Kier molecular flexibility index (Phi) is 6.48. The van der Waals surface area contributed by atoms with Crippen LogP contribution in [0.1, 0.15) is 12.0 Å². The summed E-state index contributed by atoms with van der Waals surface area (Å²) in [6.07, 6.45) is -4.09. The minimum Gasteiger partial charge on any atom is -0.481 e. The molecule has 0 spiro atoms. The zero-order valence-electron chi connectivity index (χ0n) is 10.5. The quantitative estimate of drug-likeness (QED) is 0.760. The van der Waals surface area contributed by atoms with Crippen molar-refractivity contribution in [3.05, 3.63) is 34.3 Å². The van der Waals surface area contributed by atoms with Gasteiger partial charge in [-0.3, -0.25) is 4.79 Å². The Balaban J connectivity index is 2.47. The summed E-state index contributed by atoms with van der Waals surface area (Å²) in [6.45, 7) is -1.58. The molecule has 0 fully saturated rings. The molecule has 0 aromatic heterocycles. The third kappa shape index (κ3) is 6.91. The van der Waals surface area contributed by atoms with Crippen LogP contribution in [0.5, 0.6) is 0 Å². The highest BCUT2D eigenvalue weighted by molar-refractivity contribution is 9.10. The summed E-state index contributed by atoms with van der Waals surface area (Å²) in [5, 5.41) is 9.07. The van der Waals surface area contributed by atoms with E-state index in [1.807, 2.05) is 6.07 Å². The van der Waals surface area contributed by atoms with Gasteiger partial charge in [-0.05, 0) is 30.5 Å². The lowest BCUT2D eigenvalue weighted by molar-refractivity contribution is -0.175. The van der Waals surface area contributed by atoms with E-state index < -0.39 is 24.7 Å². The van der Waals surface area contributed by atoms with E-state index >= 15 is 0 Å². The van der Waals surface area contributed by atoms with E-state index in [-0.39, 0.29) is 19.4 Å². The summed E-state index contributed by atoms with van der Waals surface area (Å²) < 4.78 is 40.9. The second-order valence-electron chi connectivity index (χ2n) is 4.33. The van der Waals surface area contributed by atoms with Crippen molar-refractivity contribution in [1.29, 1.82) is 0 Å². The largest absolute Gasteiger partial charge is 0.481 e. The first kappa shape index (κ1) is 17.0. The fourth-order valence-electron chi connectivity index (χ4n) is 1.67. The van der Waals surface area contributed by atoms with E-state index in [0.29, 0.717) is 0 Å². The van der Waals surface area contributed by atoms with Crippen molar-refractivity contribution in [2.45, 2.75) is 19.0 Å². The molecule has 1 atom stereocenters. The predicted molar refractivity (Wildman–Crippen MR) is 70.5 cm³/mol. The number of carboxylic acid groups (broad SMARTS) is 1. The normalized spacial score (nSPS) is 13.2. The molecule has 1 rings (SSSR count). The van der Waals surface area contributed by atoms with Crippen molar-refractivity contribution < 1.29 is 27.8 Å². The lowest BCUT2D eigenvalue weighted by Crippen LogP contribution is -2.22. The molecule has 112 valence electrons. The van der Waals surface area contributed by atoms with Crippen LogP contribution in [-0.4, -0.2) is 30.5 Å². The van der Waals surface area contributed by atoms with Gasteiger partial charge in [0.1, 0.15) is 6.61 Å². The number of ether oxygens (including phenoxy) is 1. The Hall–Kier alpha value is -1.08. The highest BCUT2D eigenvalue weighted by Crippen LogP contribution is 2.18. The van der Waals surface area contributed by atoms with Gasteiger partial charge in [-0.15, -0.1) is 0 Å². The predicted octanol–water partition coefficient (Wildman–Crippen LogP) is 3.66. The molecule has 7 heteroatoms. The molecular weight excluding hydrogens is 341 g/mol. The van der Waals surface area contributed by atoms with Crippen LogP contribution in [0.25, 0.3) is 0 Å². The first-order valence-electron chi connectivity index (χ1n) is 5.89. The molecule has 0 aliphatic rings. The molecular formula is C13H14BrF3O3. The number of alkyl halides is 3. The Labute approximate surface area is 122 Å². The Morgan fingerprint density at radius 1 is 1.40 bits per heavy atom. The van der Waals surface area contributed by atoms with Gasteiger partial charge in [0, 0.05) is 11.1 Å². The number of halogens is 4. The maximum atomic E-state index is 11.9. The van der Waals surface area contributed by atoms with Crippen molar-refractivity contribution in [2.75, 3.05) is 13.2 Å². The van der Waals surface area contributed by atoms with Crippen LogP contribution in [0.2, 0.25) is 0 Å². The summed E-state index contributed by atoms with van der Waals surface area (Å²) in [6, 6.07) is 7.15. The smallest absolute Gasteiger partial charge is 0.411 e. The van der Waals surface area contributed by atoms with E-state index in [0.717, 1.165) is 10.0 Å². The zero-order chi connectivity index (χ0) is 15.2. The molecule has 0 saturated heterocycles. The fraction of sp³-hybridized carbons (Fsp3) is 0.462. The highest BCUT2D eigenvalue weighted by Gasteiger charge is 2.27. The van der Waals surface area contributed by atoms with Gasteiger partial charge in [-0.2, -0.15) is 13.2 Å². The van der Waals surface area contributed by atoms with Crippen molar-refractivity contribution >= 4 is 21.9 Å². The van der Waals surface area contributed by atoms with Crippen molar-refractivity contribution in [3.63, 3.8) is 0 Å². The van der Waals surface area contributed by atoms with Gasteiger partial charge in [-0.25, -0.2) is 0 Å². The first-order chi connectivity index (χ1) is 9.28. The first-order valence-corrected chi connectivity index (χ1v) is 6.69. The van der Waals surface area contributed by atoms with Gasteiger partial charge in [0.05, 0.1) is 5.92 Å². The van der Waals surface area contributed by atoms with Crippen molar-refractivity contribution in [3.8, 4) is 0 Å². The second kappa shape index (κ2) is 7.64. The minimum absolute atomic E-state index is 0.0396. The van der Waals surface area contributed by atoms with Crippen LogP contribution in [0, 0.1) is 5.92 Å². The summed E-state index contributed by atoms with van der Waals surface area (Å²) in [4.78, 5) is 11.1. The maximum Gasteiger partial charge on any atom is 0.411 e. The summed E-state index contributed by atoms with van der Waals surface area (Å²) >= 11 is 3.28. The molecule has 0 heterocycles. The van der Waals surface area contributed by atoms with E-state index in [9.17, 15) is 18.0 Å². The van der Waals surface area contributed by atoms with Crippen LogP contribution in [0.4, 0.5) is 13.2 Å². The van der Waals surface area contributed by atoms with Gasteiger partial charge in [0.15, 0.2) is 0 Å². The highest BCUT2D eigenvalue weighted by atomic mass is 79.9. The van der Waals surface area contributed by atoms with E-state index in [4.69, 9.17) is 5.11 Å². The van der Waals surface area contributed by atoms with Gasteiger partial charge in [0.2, 0.25) is 0 Å². The topological polar surface area (TPSA) is 46.5 Å². The fourth-order valence-corrected chi connectivity index (χ4v) is 2.12. The SMILES string of the molecule is O=C(O)C(CCOCC(F)(F)F)Cc1cccc(Br)c1. The molecule has 1 aromatic carbocycles. The molecule has 1 aromatic rings. The molecule has 3 nitrogen and oxygen atoms in total. The van der Waals surface area contributed by atoms with Gasteiger partial charge in [0.25, 0.3) is 0 Å². The Bertz CT molecular complexity index is 449. The van der Waals surface area contributed by atoms with E-state index in [1.54, 1.807) is 18.2 Å². The molecule has 20 heavy (non-hydrogen) atoms. The van der Waals surface area contributed by atoms with Gasteiger partial charge < -0.3 is 9.84 Å². The molecule has 0 aliphatic heterocycles. The average Bonchev–Trinajstić information content (AvgIpc) is 2.31. The lowest BCUT2D eigenvalue weighted by Gasteiger charge is -2.13. The number of hydrogen-bond acceptors (Lipinski definition) is 2. The van der Waals surface area contributed by atoms with Crippen LogP contribution >= 0.6 is 15.9 Å².